The molecule has 110 valence electrons. The van der Waals surface area contributed by atoms with Gasteiger partial charge >= 0.3 is 0 Å². The molecule has 5 nitrogen and oxygen atoms in total. The van der Waals surface area contributed by atoms with E-state index in [0.29, 0.717) is 17.9 Å². The van der Waals surface area contributed by atoms with E-state index in [-0.39, 0.29) is 23.5 Å². The van der Waals surface area contributed by atoms with Crippen LogP contribution in [0.5, 0.6) is 11.5 Å². The molecule has 0 N–H and O–H groups in total. The first-order valence-electron chi connectivity index (χ1n) is 6.44. The molecule has 1 saturated heterocycles. The zero-order valence-corrected chi connectivity index (χ0v) is 12.4. The minimum Gasteiger partial charge on any atom is -0.493 e. The molecule has 2 rings (SSSR count). The number of ether oxygens (including phenoxy) is 2. The topological polar surface area (TPSA) is 69.7 Å². The normalized spacial score (nSPS) is 18.9. The Morgan fingerprint density at radius 2 is 2.05 bits per heavy atom. The minimum absolute atomic E-state index is 0.0459. The average molecular weight is 298 g/mol. The Labute approximate surface area is 118 Å². The zero-order chi connectivity index (χ0) is 14.8. The van der Waals surface area contributed by atoms with Crippen molar-refractivity contribution in [3.05, 3.63) is 23.8 Å². The third-order valence-electron chi connectivity index (χ3n) is 3.38. The van der Waals surface area contributed by atoms with Crippen molar-refractivity contribution in [1.29, 1.82) is 0 Å². The number of benzene rings is 1. The van der Waals surface area contributed by atoms with Crippen LogP contribution in [0.2, 0.25) is 0 Å². The second-order valence-electron chi connectivity index (χ2n) is 5.03. The molecule has 20 heavy (non-hydrogen) atoms. The van der Waals surface area contributed by atoms with Gasteiger partial charge in [-0.15, -0.1) is 0 Å². The van der Waals surface area contributed by atoms with E-state index >= 15 is 0 Å². The van der Waals surface area contributed by atoms with Crippen molar-refractivity contribution in [1.82, 2.24) is 0 Å². The average Bonchev–Trinajstić information content (AvgIpc) is 2.36. The lowest BCUT2D eigenvalue weighted by atomic mass is 9.98. The first kappa shape index (κ1) is 14.8. The van der Waals surface area contributed by atoms with Crippen molar-refractivity contribution in [3.63, 3.8) is 0 Å². The highest BCUT2D eigenvalue weighted by Gasteiger charge is 2.35. The van der Waals surface area contributed by atoms with Crippen LogP contribution in [0.1, 0.15) is 24.8 Å². The number of methoxy groups -OCH3 is 1. The number of carbonyl (C=O) groups excluding carboxylic acids is 1. The van der Waals surface area contributed by atoms with Crippen LogP contribution in [0, 0.1) is 0 Å². The molecule has 0 bridgehead atoms. The fourth-order valence-electron chi connectivity index (χ4n) is 2.14. The van der Waals surface area contributed by atoms with Crippen LogP contribution in [0.15, 0.2) is 18.2 Å². The molecule has 0 spiro atoms. The lowest BCUT2D eigenvalue weighted by Gasteiger charge is -2.27. The lowest BCUT2D eigenvalue weighted by molar-refractivity contribution is -0.108. The maximum absolute atomic E-state index is 11.2. The molecule has 0 radical (unpaired) electrons. The summed E-state index contributed by atoms with van der Waals surface area (Å²) in [6.07, 6.45) is 1.00. The largest absolute Gasteiger partial charge is 0.493 e. The second kappa shape index (κ2) is 5.83. The van der Waals surface area contributed by atoms with Crippen LogP contribution in [0.4, 0.5) is 0 Å². The zero-order valence-electron chi connectivity index (χ0n) is 11.5. The summed E-state index contributed by atoms with van der Waals surface area (Å²) in [6, 6.07) is 5.48. The highest BCUT2D eigenvalue weighted by molar-refractivity contribution is 7.92. The summed E-state index contributed by atoms with van der Waals surface area (Å²) in [5, 5.41) is 0. The van der Waals surface area contributed by atoms with Crippen LogP contribution < -0.4 is 9.47 Å². The standard InChI is InChI=1S/C14H18O5S/c1-10(5-6-15)11-3-4-13(18-2)14(7-11)19-12-8-20(16,17)9-12/h3-4,6-7,10,12H,5,8-9H2,1-2H3. The summed E-state index contributed by atoms with van der Waals surface area (Å²) in [7, 11) is -1.38. The number of rotatable bonds is 6. The van der Waals surface area contributed by atoms with Crippen molar-refractivity contribution in [3.8, 4) is 11.5 Å². The third-order valence-corrected chi connectivity index (χ3v) is 5.14. The maximum atomic E-state index is 11.2. The molecule has 0 saturated carbocycles. The number of carbonyl (C=O) groups is 1. The molecule has 1 heterocycles. The Morgan fingerprint density at radius 3 is 2.60 bits per heavy atom. The van der Waals surface area contributed by atoms with Gasteiger partial charge in [0.05, 0.1) is 18.6 Å². The van der Waals surface area contributed by atoms with Gasteiger partial charge in [0.1, 0.15) is 12.4 Å². The van der Waals surface area contributed by atoms with E-state index in [1.54, 1.807) is 6.07 Å². The van der Waals surface area contributed by atoms with E-state index < -0.39 is 9.84 Å². The number of aldehydes is 1. The lowest BCUT2D eigenvalue weighted by Crippen LogP contribution is -2.45. The molecular formula is C14H18O5S. The first-order valence-corrected chi connectivity index (χ1v) is 8.26. The number of hydrogen-bond acceptors (Lipinski definition) is 5. The predicted molar refractivity (Wildman–Crippen MR) is 75.2 cm³/mol. The van der Waals surface area contributed by atoms with Crippen molar-refractivity contribution in [2.75, 3.05) is 18.6 Å². The predicted octanol–water partition coefficient (Wildman–Crippen LogP) is 1.56. The van der Waals surface area contributed by atoms with Gasteiger partial charge in [-0.05, 0) is 23.6 Å². The Kier molecular flexibility index (Phi) is 4.32. The van der Waals surface area contributed by atoms with E-state index in [2.05, 4.69) is 0 Å². The van der Waals surface area contributed by atoms with Crippen LogP contribution in [-0.4, -0.2) is 39.4 Å². The monoisotopic (exact) mass is 298 g/mol. The Balaban J connectivity index is 2.16. The highest BCUT2D eigenvalue weighted by atomic mass is 32.2. The second-order valence-corrected chi connectivity index (χ2v) is 7.18. The molecule has 1 aliphatic rings. The number of hydrogen-bond donors (Lipinski definition) is 0. The molecule has 1 atom stereocenters. The van der Waals surface area contributed by atoms with E-state index in [9.17, 15) is 13.2 Å². The Bertz CT molecular complexity index is 582. The summed E-state index contributed by atoms with van der Waals surface area (Å²) < 4.78 is 33.2. The minimum atomic E-state index is -2.92. The van der Waals surface area contributed by atoms with Gasteiger partial charge in [0.25, 0.3) is 0 Å². The molecule has 1 aromatic carbocycles. The fraction of sp³-hybridized carbons (Fsp3) is 0.500. The van der Waals surface area contributed by atoms with Gasteiger partial charge in [0.2, 0.25) is 0 Å². The summed E-state index contributed by atoms with van der Waals surface area (Å²) in [6.45, 7) is 1.95. The van der Waals surface area contributed by atoms with Gasteiger partial charge in [-0.2, -0.15) is 0 Å². The van der Waals surface area contributed by atoms with Gasteiger partial charge in [0, 0.05) is 6.42 Å². The summed E-state index contributed by atoms with van der Waals surface area (Å²) in [4.78, 5) is 10.6. The van der Waals surface area contributed by atoms with Crippen LogP contribution in [-0.2, 0) is 14.6 Å². The fourth-order valence-corrected chi connectivity index (χ4v) is 3.31. The molecule has 1 unspecified atom stereocenters. The highest BCUT2D eigenvalue weighted by Crippen LogP contribution is 2.33. The molecule has 1 aliphatic heterocycles. The molecular weight excluding hydrogens is 280 g/mol. The van der Waals surface area contributed by atoms with Crippen molar-refractivity contribution < 1.29 is 22.7 Å². The van der Waals surface area contributed by atoms with Gasteiger partial charge in [-0.1, -0.05) is 13.0 Å². The van der Waals surface area contributed by atoms with E-state index in [1.807, 2.05) is 19.1 Å². The third kappa shape index (κ3) is 3.30. The van der Waals surface area contributed by atoms with Crippen molar-refractivity contribution >= 4 is 16.1 Å². The summed E-state index contributed by atoms with van der Waals surface area (Å²) in [5.41, 5.74) is 0.968. The molecule has 0 amide bonds. The molecule has 6 heteroatoms. The molecule has 0 aliphatic carbocycles. The van der Waals surface area contributed by atoms with E-state index in [4.69, 9.17) is 9.47 Å². The molecule has 1 aromatic rings. The Morgan fingerprint density at radius 1 is 1.35 bits per heavy atom. The van der Waals surface area contributed by atoms with Crippen molar-refractivity contribution in [2.24, 2.45) is 0 Å². The Hall–Kier alpha value is -1.56. The van der Waals surface area contributed by atoms with Gasteiger partial charge in [-0.3, -0.25) is 0 Å². The van der Waals surface area contributed by atoms with Crippen LogP contribution in [0.3, 0.4) is 0 Å². The first-order chi connectivity index (χ1) is 9.45. The quantitative estimate of drug-likeness (QED) is 0.746. The number of sulfone groups is 1. The summed E-state index contributed by atoms with van der Waals surface area (Å²) >= 11 is 0. The van der Waals surface area contributed by atoms with Crippen LogP contribution in [0.25, 0.3) is 0 Å². The van der Waals surface area contributed by atoms with Gasteiger partial charge < -0.3 is 14.3 Å². The molecule has 0 aromatic heterocycles. The van der Waals surface area contributed by atoms with E-state index in [0.717, 1.165) is 11.8 Å². The molecule has 1 fully saturated rings. The maximum Gasteiger partial charge on any atom is 0.161 e. The SMILES string of the molecule is COc1ccc(C(C)CC=O)cc1OC1CS(=O)(=O)C1. The van der Waals surface area contributed by atoms with E-state index in [1.165, 1.54) is 7.11 Å². The van der Waals surface area contributed by atoms with Crippen molar-refractivity contribution in [2.45, 2.75) is 25.4 Å². The van der Waals surface area contributed by atoms with Gasteiger partial charge in [-0.25, -0.2) is 8.42 Å². The summed E-state index contributed by atoms with van der Waals surface area (Å²) in [5.74, 6) is 1.28. The van der Waals surface area contributed by atoms with Crippen LogP contribution >= 0.6 is 0 Å². The van der Waals surface area contributed by atoms with Gasteiger partial charge in [0.15, 0.2) is 21.3 Å². The smallest absolute Gasteiger partial charge is 0.161 e.